The molecule has 0 aliphatic rings. The van der Waals surface area contributed by atoms with Gasteiger partial charge in [-0.05, 0) is 6.92 Å². The fraction of sp³-hybridized carbons (Fsp3) is 0.600. The largest absolute Gasteiger partial charge is 0.481 e. The summed E-state index contributed by atoms with van der Waals surface area (Å²) in [4.78, 5) is 8.26. The van der Waals surface area contributed by atoms with Crippen molar-refractivity contribution in [2.24, 2.45) is 0 Å². The minimum atomic E-state index is -0.547. The lowest BCUT2D eigenvalue weighted by Gasteiger charge is -2.09. The van der Waals surface area contributed by atoms with Crippen molar-refractivity contribution in [1.29, 1.82) is 0 Å². The second-order valence-corrected chi connectivity index (χ2v) is 3.26. The van der Waals surface area contributed by atoms with Crippen molar-refractivity contribution in [2.75, 3.05) is 20.8 Å². The fourth-order valence-corrected chi connectivity index (χ4v) is 1.30. The summed E-state index contributed by atoms with van der Waals surface area (Å²) < 4.78 is 9.85. The molecule has 0 aromatic carbocycles. The van der Waals surface area contributed by atoms with Crippen LogP contribution in [0.25, 0.3) is 0 Å². The molecule has 0 radical (unpaired) electrons. The molecule has 0 bridgehead atoms. The van der Waals surface area contributed by atoms with Crippen molar-refractivity contribution in [3.8, 4) is 5.88 Å². The molecule has 0 aliphatic heterocycles. The van der Waals surface area contributed by atoms with Crippen molar-refractivity contribution < 1.29 is 14.6 Å². The van der Waals surface area contributed by atoms with Crippen LogP contribution in [0.3, 0.4) is 0 Å². The van der Waals surface area contributed by atoms with Crippen LogP contribution in [0, 0.1) is 6.92 Å². The van der Waals surface area contributed by atoms with E-state index in [9.17, 15) is 5.11 Å². The molecule has 1 atom stereocenters. The maximum Gasteiger partial charge on any atom is 0.216 e. The summed E-state index contributed by atoms with van der Waals surface area (Å²) in [6, 6.07) is 1.71. The van der Waals surface area contributed by atoms with Crippen LogP contribution >= 0.6 is 0 Å². The predicted octanol–water partition coefficient (Wildman–Crippen LogP) is 0.343. The lowest BCUT2D eigenvalue weighted by atomic mass is 10.2. The molecule has 1 N–H and O–H groups in total. The number of aliphatic hydroxyl groups excluding tert-OH is 1. The molecule has 5 nitrogen and oxygen atoms in total. The van der Waals surface area contributed by atoms with Crippen LogP contribution in [0.4, 0.5) is 0 Å². The molecule has 0 fully saturated rings. The van der Waals surface area contributed by atoms with E-state index >= 15 is 0 Å². The van der Waals surface area contributed by atoms with E-state index in [0.717, 1.165) is 5.69 Å². The Morgan fingerprint density at radius 1 is 1.40 bits per heavy atom. The highest BCUT2D eigenvalue weighted by atomic mass is 16.5. The van der Waals surface area contributed by atoms with E-state index in [4.69, 9.17) is 9.47 Å². The third-order valence-corrected chi connectivity index (χ3v) is 1.88. The molecular weight excluding hydrogens is 196 g/mol. The summed E-state index contributed by atoms with van der Waals surface area (Å²) in [6.45, 7) is 2.08. The highest BCUT2D eigenvalue weighted by Gasteiger charge is 2.08. The van der Waals surface area contributed by atoms with Gasteiger partial charge in [-0.3, -0.25) is 0 Å². The van der Waals surface area contributed by atoms with Gasteiger partial charge in [0.2, 0.25) is 5.88 Å². The summed E-state index contributed by atoms with van der Waals surface area (Å²) in [5.74, 6) is 1.15. The highest BCUT2D eigenvalue weighted by molar-refractivity contribution is 5.16. The monoisotopic (exact) mass is 212 g/mol. The van der Waals surface area contributed by atoms with Gasteiger partial charge in [0.25, 0.3) is 0 Å². The van der Waals surface area contributed by atoms with Crippen molar-refractivity contribution in [3.05, 3.63) is 17.6 Å². The summed E-state index contributed by atoms with van der Waals surface area (Å²) in [6.07, 6.45) is -0.109. The Kier molecular flexibility index (Phi) is 4.45. The Morgan fingerprint density at radius 2 is 2.13 bits per heavy atom. The Bertz CT molecular complexity index is 318. The molecule has 1 rings (SSSR count). The van der Waals surface area contributed by atoms with Gasteiger partial charge in [-0.1, -0.05) is 0 Å². The second-order valence-electron chi connectivity index (χ2n) is 3.26. The number of hydrogen-bond acceptors (Lipinski definition) is 5. The molecule has 0 spiro atoms. The molecule has 0 aliphatic carbocycles. The quantitative estimate of drug-likeness (QED) is 0.762. The van der Waals surface area contributed by atoms with E-state index in [-0.39, 0.29) is 0 Å². The van der Waals surface area contributed by atoms with Gasteiger partial charge in [0.15, 0.2) is 0 Å². The number of methoxy groups -OCH3 is 2. The van der Waals surface area contributed by atoms with Gasteiger partial charge in [-0.15, -0.1) is 0 Å². The molecule has 0 amide bonds. The Morgan fingerprint density at radius 3 is 2.73 bits per heavy atom. The molecule has 1 aromatic rings. The maximum absolute atomic E-state index is 9.53. The van der Waals surface area contributed by atoms with Crippen molar-refractivity contribution in [3.63, 3.8) is 0 Å². The van der Waals surface area contributed by atoms with E-state index in [1.165, 1.54) is 0 Å². The zero-order chi connectivity index (χ0) is 11.3. The number of aromatic nitrogens is 2. The summed E-state index contributed by atoms with van der Waals surface area (Å²) in [5, 5.41) is 9.53. The first-order chi connectivity index (χ1) is 7.15. The molecule has 1 heterocycles. The third-order valence-electron chi connectivity index (χ3n) is 1.88. The first-order valence-electron chi connectivity index (χ1n) is 4.71. The Balaban J connectivity index is 2.71. The minimum absolute atomic E-state index is 0.297. The van der Waals surface area contributed by atoms with Gasteiger partial charge >= 0.3 is 0 Å². The SMILES string of the molecule is COCC(O)Cc1cc(OC)nc(C)n1. The smallest absolute Gasteiger partial charge is 0.216 e. The molecule has 84 valence electrons. The van der Waals surface area contributed by atoms with Gasteiger partial charge < -0.3 is 14.6 Å². The van der Waals surface area contributed by atoms with E-state index in [1.54, 1.807) is 27.2 Å². The van der Waals surface area contributed by atoms with E-state index in [0.29, 0.717) is 24.7 Å². The van der Waals surface area contributed by atoms with Crippen molar-refractivity contribution in [1.82, 2.24) is 9.97 Å². The number of aryl methyl sites for hydroxylation is 1. The number of rotatable bonds is 5. The number of aliphatic hydroxyl groups is 1. The Labute approximate surface area is 89.1 Å². The maximum atomic E-state index is 9.53. The summed E-state index contributed by atoms with van der Waals surface area (Å²) >= 11 is 0. The van der Waals surface area contributed by atoms with Crippen molar-refractivity contribution in [2.45, 2.75) is 19.4 Å². The van der Waals surface area contributed by atoms with Crippen LogP contribution in [-0.4, -0.2) is 42.0 Å². The predicted molar refractivity (Wildman–Crippen MR) is 54.9 cm³/mol. The minimum Gasteiger partial charge on any atom is -0.481 e. The lowest BCUT2D eigenvalue weighted by Crippen LogP contribution is -2.18. The van der Waals surface area contributed by atoms with Crippen LogP contribution < -0.4 is 4.74 Å². The Hall–Kier alpha value is -1.20. The summed E-state index contributed by atoms with van der Waals surface area (Å²) in [7, 11) is 3.10. The van der Waals surface area contributed by atoms with Gasteiger partial charge in [0.1, 0.15) is 5.82 Å². The third kappa shape index (κ3) is 3.81. The van der Waals surface area contributed by atoms with Gasteiger partial charge in [-0.2, -0.15) is 4.98 Å². The average Bonchev–Trinajstić information content (AvgIpc) is 2.17. The lowest BCUT2D eigenvalue weighted by molar-refractivity contribution is 0.0643. The zero-order valence-electron chi connectivity index (χ0n) is 9.23. The van der Waals surface area contributed by atoms with Gasteiger partial charge in [-0.25, -0.2) is 4.98 Å². The fourth-order valence-electron chi connectivity index (χ4n) is 1.30. The molecule has 5 heteroatoms. The van der Waals surface area contributed by atoms with Gasteiger partial charge in [0.05, 0.1) is 25.5 Å². The molecule has 1 unspecified atom stereocenters. The second kappa shape index (κ2) is 5.63. The van der Waals surface area contributed by atoms with E-state index in [1.807, 2.05) is 0 Å². The highest BCUT2D eigenvalue weighted by Crippen LogP contribution is 2.10. The molecule has 0 saturated carbocycles. The van der Waals surface area contributed by atoms with Crippen molar-refractivity contribution >= 4 is 0 Å². The zero-order valence-corrected chi connectivity index (χ0v) is 9.23. The molecular formula is C10H16N2O3. The van der Waals surface area contributed by atoms with Crippen LogP contribution in [0.15, 0.2) is 6.07 Å². The molecule has 1 aromatic heterocycles. The van der Waals surface area contributed by atoms with Crippen LogP contribution in [0.1, 0.15) is 11.5 Å². The topological polar surface area (TPSA) is 64.5 Å². The van der Waals surface area contributed by atoms with Crippen LogP contribution in [-0.2, 0) is 11.2 Å². The molecule has 15 heavy (non-hydrogen) atoms. The van der Waals surface area contributed by atoms with E-state index in [2.05, 4.69) is 9.97 Å². The standard InChI is InChI=1S/C10H16N2O3/c1-7-11-8(4-9(13)6-14-2)5-10(12-7)15-3/h5,9,13H,4,6H2,1-3H3. The number of hydrogen-bond donors (Lipinski definition) is 1. The van der Waals surface area contributed by atoms with Crippen LogP contribution in [0.2, 0.25) is 0 Å². The summed E-state index contributed by atoms with van der Waals surface area (Å²) in [5.41, 5.74) is 0.754. The normalized spacial score (nSPS) is 12.5. The first kappa shape index (κ1) is 11.9. The van der Waals surface area contributed by atoms with E-state index < -0.39 is 6.10 Å². The number of ether oxygens (including phenoxy) is 2. The number of nitrogens with zero attached hydrogens (tertiary/aromatic N) is 2. The molecule has 0 saturated heterocycles. The average molecular weight is 212 g/mol. The first-order valence-corrected chi connectivity index (χ1v) is 4.71. The van der Waals surface area contributed by atoms with Gasteiger partial charge in [0, 0.05) is 19.6 Å². The van der Waals surface area contributed by atoms with Crippen LogP contribution in [0.5, 0.6) is 5.88 Å².